The Hall–Kier alpha value is 1.26. The van der Waals surface area contributed by atoms with E-state index in [2.05, 4.69) is 172 Å². The Kier molecular flexibility index (Phi) is 5.94. The molecular weight excluding hydrogens is 1090 g/mol. The predicted octanol–water partition coefficient (Wildman–Crippen LogP) is 10.0. The third kappa shape index (κ3) is 3.44. The lowest BCUT2D eigenvalue weighted by atomic mass is 9.86. The number of rotatable bonds is 0. The molecule has 0 nitrogen and oxygen atoms in total. The van der Waals surface area contributed by atoms with Gasteiger partial charge in [-0.25, -0.2) is 0 Å². The minimum atomic E-state index is 1.06. The van der Waals surface area contributed by atoms with E-state index >= 15 is 0 Å². The fourth-order valence-corrected chi connectivity index (χ4v) is 8.90. The third-order valence-corrected chi connectivity index (χ3v) is 15.6. The zero-order valence-electron chi connectivity index (χ0n) is 16.9. The first-order valence-corrected chi connectivity index (χ1v) is 16.9. The first-order chi connectivity index (χ1) is 15.8. The number of hydrogen-bond acceptors (Lipinski definition) is 0. The second-order valence-corrected chi connectivity index (χ2v) is 15.8. The van der Waals surface area contributed by atoms with Gasteiger partial charge in [-0.2, -0.15) is 0 Å². The van der Waals surface area contributed by atoms with Crippen LogP contribution in [0.4, 0.5) is 0 Å². The number of fused-ring (bicyclic) bond motifs is 12. The molecule has 6 heteroatoms. The van der Waals surface area contributed by atoms with Crippen molar-refractivity contribution in [3.05, 3.63) is 91.2 Å². The van der Waals surface area contributed by atoms with Crippen LogP contribution in [0.2, 0.25) is 0 Å². The largest absolute Gasteiger partial charge is 0.0436 e. The summed E-state index contributed by atoms with van der Waals surface area (Å²) in [5.74, 6) is 0. The Morgan fingerprint density at radius 2 is 0.606 bits per heavy atom. The van der Waals surface area contributed by atoms with Gasteiger partial charge in [-0.15, -0.1) is 0 Å². The third-order valence-electron chi connectivity index (χ3n) is 7.16. The van der Waals surface area contributed by atoms with Crippen molar-refractivity contribution in [3.8, 4) is 33.4 Å². The molecule has 7 rings (SSSR count). The van der Waals surface area contributed by atoms with Crippen molar-refractivity contribution in [1.29, 1.82) is 0 Å². The van der Waals surface area contributed by atoms with Gasteiger partial charge in [0.1, 0.15) is 0 Å². The molecule has 4 aromatic rings. The average Bonchev–Trinajstić information content (AvgIpc) is 3.41. The van der Waals surface area contributed by atoms with Gasteiger partial charge in [0.05, 0.1) is 0 Å². The van der Waals surface area contributed by atoms with Crippen molar-refractivity contribution in [3.63, 3.8) is 0 Å². The molecule has 0 bridgehead atoms. The molecule has 3 aliphatic rings. The van der Waals surface area contributed by atoms with Crippen LogP contribution in [0.3, 0.4) is 0 Å². The molecule has 0 spiro atoms. The van der Waals surface area contributed by atoms with Crippen molar-refractivity contribution in [2.24, 2.45) is 0 Å². The van der Waals surface area contributed by atoms with Crippen LogP contribution in [0.15, 0.2) is 36.4 Å². The molecule has 0 aliphatic heterocycles. The Morgan fingerprint density at radius 3 is 0.879 bits per heavy atom. The van der Waals surface area contributed by atoms with Crippen molar-refractivity contribution in [1.82, 2.24) is 0 Å². The van der Waals surface area contributed by atoms with Crippen molar-refractivity contribution in [2.45, 2.75) is 19.3 Å². The molecule has 0 atom stereocenters. The van der Waals surface area contributed by atoms with Crippen LogP contribution < -0.4 is 0 Å². The highest BCUT2D eigenvalue weighted by Gasteiger charge is 2.37. The van der Waals surface area contributed by atoms with E-state index in [1.807, 2.05) is 0 Å². The van der Waals surface area contributed by atoms with Crippen LogP contribution in [0.5, 0.6) is 0 Å². The topological polar surface area (TPSA) is 0 Å². The molecule has 0 amide bonds. The summed E-state index contributed by atoms with van der Waals surface area (Å²) in [6, 6.07) is 14.6. The monoisotopic (exact) mass is 1100 g/mol. The van der Waals surface area contributed by atoms with Gasteiger partial charge in [-0.05, 0) is 258 Å². The Balaban J connectivity index is 1.62. The summed E-state index contributed by atoms with van der Waals surface area (Å²) in [5, 5.41) is 0. The maximum absolute atomic E-state index is 2.51. The van der Waals surface area contributed by atoms with E-state index in [4.69, 9.17) is 0 Å². The Bertz CT molecular complexity index is 1390. The smallest absolute Gasteiger partial charge is 0.0270 e. The highest BCUT2D eigenvalue weighted by molar-refractivity contribution is 14.1. The van der Waals surface area contributed by atoms with E-state index in [0.29, 0.717) is 0 Å². The first kappa shape index (κ1) is 23.4. The molecule has 33 heavy (non-hydrogen) atoms. The predicted molar refractivity (Wildman–Crippen MR) is 187 cm³/mol. The molecule has 3 aliphatic carbocycles. The van der Waals surface area contributed by atoms with Crippen LogP contribution in [-0.2, 0) is 19.3 Å². The van der Waals surface area contributed by atoms with E-state index in [0.717, 1.165) is 19.3 Å². The number of hydrogen-bond donors (Lipinski definition) is 0. The molecule has 0 saturated heterocycles. The lowest BCUT2D eigenvalue weighted by molar-refractivity contribution is 1.21. The average molecular weight is 1100 g/mol. The highest BCUT2D eigenvalue weighted by atomic mass is 127. The van der Waals surface area contributed by atoms with Gasteiger partial charge in [-0.1, -0.05) is 0 Å². The summed E-state index contributed by atoms with van der Waals surface area (Å²) in [6.07, 6.45) is 3.17. The second-order valence-electron chi connectivity index (χ2n) is 8.86. The molecular formula is C27H12I6. The van der Waals surface area contributed by atoms with E-state index in [9.17, 15) is 0 Å². The number of benzene rings is 4. The standard InChI is InChI=1S/C27H12I6/c28-19-4-10-1-16-25(13(10)7-22(19)31)17-3-12-6-21(30)24(33)9-15(12)27(17)18-2-11-5-20(29)23(32)8-14(11)26(16)18/h4-9H,1-3H2. The van der Waals surface area contributed by atoms with Gasteiger partial charge in [0.15, 0.2) is 0 Å². The summed E-state index contributed by atoms with van der Waals surface area (Å²) >= 11 is 15.0. The van der Waals surface area contributed by atoms with Gasteiger partial charge in [-0.3, -0.25) is 0 Å². The zero-order valence-corrected chi connectivity index (χ0v) is 29.8. The summed E-state index contributed by atoms with van der Waals surface area (Å²) < 4.78 is 8.18. The second kappa shape index (κ2) is 8.38. The Morgan fingerprint density at radius 1 is 0.364 bits per heavy atom. The SMILES string of the molecule is Ic1cc2c(cc1I)-c1c(c3c(c4c1Cc1cc(I)c(I)cc1-4)Cc1cc(I)c(I)cc1-3)C2. The molecule has 0 fully saturated rings. The minimum Gasteiger partial charge on any atom is -0.0436 e. The molecule has 162 valence electrons. The molecule has 4 aromatic carbocycles. The minimum absolute atomic E-state index is 1.06. The summed E-state index contributed by atoms with van der Waals surface area (Å²) in [4.78, 5) is 0. The van der Waals surface area contributed by atoms with Crippen molar-refractivity contribution >= 4 is 136 Å². The van der Waals surface area contributed by atoms with Crippen LogP contribution in [0.1, 0.15) is 33.4 Å². The number of halogens is 6. The summed E-state index contributed by atoms with van der Waals surface area (Å²) in [7, 11) is 0. The van der Waals surface area contributed by atoms with Gasteiger partial charge >= 0.3 is 0 Å². The molecule has 0 heterocycles. The van der Waals surface area contributed by atoms with Gasteiger partial charge in [0.25, 0.3) is 0 Å². The molecule has 0 aromatic heterocycles. The van der Waals surface area contributed by atoms with E-state index in [1.54, 1.807) is 16.7 Å². The van der Waals surface area contributed by atoms with Crippen LogP contribution in [0.25, 0.3) is 33.4 Å². The van der Waals surface area contributed by atoms with E-state index in [-0.39, 0.29) is 0 Å². The molecule has 0 saturated carbocycles. The fraction of sp³-hybridized carbons (Fsp3) is 0.111. The fourth-order valence-electron chi connectivity index (χ4n) is 5.90. The summed E-state index contributed by atoms with van der Waals surface area (Å²) in [6.45, 7) is 0. The molecule has 0 N–H and O–H groups in total. The van der Waals surface area contributed by atoms with Gasteiger partial charge < -0.3 is 0 Å². The zero-order chi connectivity index (χ0) is 22.8. The highest BCUT2D eigenvalue weighted by Crippen LogP contribution is 2.57. The van der Waals surface area contributed by atoms with Crippen LogP contribution >= 0.6 is 136 Å². The molecule has 0 unspecified atom stereocenters. The van der Waals surface area contributed by atoms with Gasteiger partial charge in [0, 0.05) is 21.4 Å². The normalized spacial score (nSPS) is 14.0. The summed E-state index contributed by atoms with van der Waals surface area (Å²) in [5.41, 5.74) is 18.2. The quantitative estimate of drug-likeness (QED) is 0.133. The first-order valence-electron chi connectivity index (χ1n) is 10.5. The van der Waals surface area contributed by atoms with Crippen molar-refractivity contribution in [2.75, 3.05) is 0 Å². The lowest BCUT2D eigenvalue weighted by Crippen LogP contribution is -1.97. The van der Waals surface area contributed by atoms with Crippen LogP contribution in [-0.4, -0.2) is 0 Å². The maximum Gasteiger partial charge on any atom is 0.0270 e. The van der Waals surface area contributed by atoms with Crippen molar-refractivity contribution < 1.29 is 0 Å². The van der Waals surface area contributed by atoms with Gasteiger partial charge in [0.2, 0.25) is 0 Å². The van der Waals surface area contributed by atoms with E-state index < -0.39 is 0 Å². The maximum atomic E-state index is 2.51. The Labute approximate surface area is 274 Å². The van der Waals surface area contributed by atoms with Crippen LogP contribution in [0, 0.1) is 21.4 Å². The lowest BCUT2D eigenvalue weighted by Gasteiger charge is -2.17. The van der Waals surface area contributed by atoms with E-state index in [1.165, 1.54) is 71.5 Å². The molecule has 0 radical (unpaired) electrons.